The van der Waals surface area contributed by atoms with Gasteiger partial charge in [0.25, 0.3) is 0 Å². The Hall–Kier alpha value is -1.69. The van der Waals surface area contributed by atoms with E-state index >= 15 is 0 Å². The Kier molecular flexibility index (Phi) is 4.84. The fourth-order valence-electron chi connectivity index (χ4n) is 1.29. The number of hydrogen-bond acceptors (Lipinski definition) is 3. The maximum absolute atomic E-state index is 12.8. The molecule has 0 aliphatic carbocycles. The average Bonchev–Trinajstić information content (AvgIpc) is 2.28. The normalized spacial score (nSPS) is 12.2. The molecule has 17 heavy (non-hydrogen) atoms. The number of likely N-dealkylation sites (N-methyl/N-ethyl adjacent to an activating group) is 1. The predicted molar refractivity (Wildman–Crippen MR) is 58.5 cm³/mol. The molecule has 1 aromatic rings. The molecule has 1 atom stereocenters. The molecular weight excluding hydrogens is 230 g/mol. The number of ether oxygens (including phenoxy) is 1. The van der Waals surface area contributed by atoms with Gasteiger partial charge in [-0.1, -0.05) is 0 Å². The summed E-state index contributed by atoms with van der Waals surface area (Å²) in [4.78, 5) is 10.9. The molecule has 0 aromatic heterocycles. The van der Waals surface area contributed by atoms with Gasteiger partial charge in [-0.2, -0.15) is 0 Å². The molecule has 0 saturated carbocycles. The van der Waals surface area contributed by atoms with Crippen molar-refractivity contribution in [3.63, 3.8) is 0 Å². The predicted octanol–water partition coefficient (Wildman–Crippen LogP) is 0.807. The van der Waals surface area contributed by atoms with E-state index in [1.54, 1.807) is 7.05 Å². The van der Waals surface area contributed by atoms with Crippen LogP contribution in [0.3, 0.4) is 0 Å². The molecule has 0 aliphatic rings. The molecule has 1 rings (SSSR count). The number of carbonyl (C=O) groups excluding carboxylic acids is 1. The number of primary amides is 1. The van der Waals surface area contributed by atoms with Gasteiger partial charge < -0.3 is 15.8 Å². The second-order valence-corrected chi connectivity index (χ2v) is 3.46. The zero-order valence-corrected chi connectivity index (χ0v) is 9.37. The number of hydrogen-bond donors (Lipinski definition) is 2. The van der Waals surface area contributed by atoms with Crippen LogP contribution in [0.5, 0.6) is 5.75 Å². The molecule has 0 saturated heterocycles. The Balaban J connectivity index is 2.45. The first kappa shape index (κ1) is 13.4. The van der Waals surface area contributed by atoms with Gasteiger partial charge in [0.15, 0.2) is 11.6 Å². The number of halogens is 2. The third-order valence-corrected chi connectivity index (χ3v) is 2.26. The molecule has 1 aromatic carbocycles. The molecule has 1 amide bonds. The second kappa shape index (κ2) is 6.15. The van der Waals surface area contributed by atoms with E-state index in [1.165, 1.54) is 6.07 Å². The molecule has 0 aliphatic heterocycles. The van der Waals surface area contributed by atoms with Crippen LogP contribution in [0.2, 0.25) is 0 Å². The summed E-state index contributed by atoms with van der Waals surface area (Å²) in [6.07, 6.45) is 0.352. The molecule has 94 valence electrons. The van der Waals surface area contributed by atoms with Crippen LogP contribution in [0.25, 0.3) is 0 Å². The van der Waals surface area contributed by atoms with Crippen molar-refractivity contribution < 1.29 is 18.3 Å². The van der Waals surface area contributed by atoms with E-state index in [9.17, 15) is 13.6 Å². The van der Waals surface area contributed by atoms with Gasteiger partial charge >= 0.3 is 0 Å². The third kappa shape index (κ3) is 3.99. The number of rotatable bonds is 6. The zero-order chi connectivity index (χ0) is 12.8. The molecule has 0 heterocycles. The van der Waals surface area contributed by atoms with Crippen LogP contribution in [0.15, 0.2) is 18.2 Å². The van der Waals surface area contributed by atoms with Crippen LogP contribution in [0.1, 0.15) is 6.42 Å². The van der Waals surface area contributed by atoms with Crippen molar-refractivity contribution in [1.29, 1.82) is 0 Å². The molecular formula is C11H14F2N2O2. The van der Waals surface area contributed by atoms with Gasteiger partial charge in [0.1, 0.15) is 5.75 Å². The van der Waals surface area contributed by atoms with E-state index in [0.29, 0.717) is 6.42 Å². The van der Waals surface area contributed by atoms with Crippen LogP contribution >= 0.6 is 0 Å². The molecule has 0 fully saturated rings. The van der Waals surface area contributed by atoms with Gasteiger partial charge in [-0.15, -0.1) is 0 Å². The van der Waals surface area contributed by atoms with Crippen LogP contribution in [-0.2, 0) is 4.79 Å². The summed E-state index contributed by atoms with van der Waals surface area (Å²) in [5.74, 6) is -2.17. The van der Waals surface area contributed by atoms with E-state index in [4.69, 9.17) is 10.5 Å². The van der Waals surface area contributed by atoms with Gasteiger partial charge in [0, 0.05) is 12.5 Å². The first-order valence-corrected chi connectivity index (χ1v) is 5.09. The Morgan fingerprint density at radius 2 is 2.18 bits per heavy atom. The highest BCUT2D eigenvalue weighted by molar-refractivity contribution is 5.79. The van der Waals surface area contributed by atoms with Crippen molar-refractivity contribution in [2.75, 3.05) is 13.7 Å². The van der Waals surface area contributed by atoms with Gasteiger partial charge in [-0.05, 0) is 19.2 Å². The van der Waals surface area contributed by atoms with Crippen molar-refractivity contribution >= 4 is 5.91 Å². The number of benzene rings is 1. The number of carbonyl (C=O) groups is 1. The fourth-order valence-corrected chi connectivity index (χ4v) is 1.29. The van der Waals surface area contributed by atoms with E-state index in [1.807, 2.05) is 0 Å². The van der Waals surface area contributed by atoms with Gasteiger partial charge in [0.05, 0.1) is 12.6 Å². The lowest BCUT2D eigenvalue weighted by Gasteiger charge is -2.12. The lowest BCUT2D eigenvalue weighted by Crippen LogP contribution is -2.40. The van der Waals surface area contributed by atoms with Crippen LogP contribution < -0.4 is 15.8 Å². The number of nitrogens with two attached hydrogens (primary N) is 1. The van der Waals surface area contributed by atoms with Crippen molar-refractivity contribution in [3.05, 3.63) is 29.8 Å². The summed E-state index contributed by atoms with van der Waals surface area (Å²) >= 11 is 0. The Morgan fingerprint density at radius 1 is 1.47 bits per heavy atom. The standard InChI is InChI=1S/C11H14F2N2O2/c1-15-10(11(14)16)4-5-17-7-2-3-8(12)9(13)6-7/h2-3,6,10,15H,4-5H2,1H3,(H2,14,16). The lowest BCUT2D eigenvalue weighted by atomic mass is 10.2. The van der Waals surface area contributed by atoms with Crippen LogP contribution in [0, 0.1) is 11.6 Å². The summed E-state index contributed by atoms with van der Waals surface area (Å²) in [6.45, 7) is 0.180. The minimum atomic E-state index is -0.970. The largest absolute Gasteiger partial charge is 0.493 e. The zero-order valence-electron chi connectivity index (χ0n) is 9.37. The highest BCUT2D eigenvalue weighted by Gasteiger charge is 2.12. The van der Waals surface area contributed by atoms with Gasteiger partial charge in [-0.3, -0.25) is 4.79 Å². The minimum Gasteiger partial charge on any atom is -0.493 e. The molecule has 1 unspecified atom stereocenters. The summed E-state index contributed by atoms with van der Waals surface area (Å²) in [5, 5.41) is 2.72. The Bertz CT molecular complexity index is 399. The molecule has 0 radical (unpaired) electrons. The number of amides is 1. The molecule has 0 spiro atoms. The second-order valence-electron chi connectivity index (χ2n) is 3.46. The summed E-state index contributed by atoms with van der Waals surface area (Å²) in [5.41, 5.74) is 5.10. The van der Waals surface area contributed by atoms with E-state index in [0.717, 1.165) is 12.1 Å². The monoisotopic (exact) mass is 244 g/mol. The highest BCUT2D eigenvalue weighted by atomic mass is 19.2. The SMILES string of the molecule is CNC(CCOc1ccc(F)c(F)c1)C(N)=O. The topological polar surface area (TPSA) is 64.3 Å². The quantitative estimate of drug-likeness (QED) is 0.778. The van der Waals surface area contributed by atoms with Crippen LogP contribution in [0.4, 0.5) is 8.78 Å². The Labute approximate surface area is 97.8 Å². The summed E-state index contributed by atoms with van der Waals surface area (Å²) in [6, 6.07) is 2.75. The fraction of sp³-hybridized carbons (Fsp3) is 0.364. The summed E-state index contributed by atoms with van der Waals surface area (Å²) in [7, 11) is 1.60. The minimum absolute atomic E-state index is 0.180. The maximum atomic E-state index is 12.8. The van der Waals surface area contributed by atoms with E-state index in [2.05, 4.69) is 5.32 Å². The van der Waals surface area contributed by atoms with E-state index < -0.39 is 23.6 Å². The highest BCUT2D eigenvalue weighted by Crippen LogP contribution is 2.15. The van der Waals surface area contributed by atoms with E-state index in [-0.39, 0.29) is 12.4 Å². The first-order valence-electron chi connectivity index (χ1n) is 5.09. The third-order valence-electron chi connectivity index (χ3n) is 2.26. The van der Waals surface area contributed by atoms with Gasteiger partial charge in [0.2, 0.25) is 5.91 Å². The lowest BCUT2D eigenvalue weighted by molar-refractivity contribution is -0.120. The molecule has 0 bridgehead atoms. The van der Waals surface area contributed by atoms with Crippen molar-refractivity contribution in [3.8, 4) is 5.75 Å². The average molecular weight is 244 g/mol. The smallest absolute Gasteiger partial charge is 0.234 e. The van der Waals surface area contributed by atoms with Crippen LogP contribution in [-0.4, -0.2) is 25.6 Å². The van der Waals surface area contributed by atoms with Gasteiger partial charge in [-0.25, -0.2) is 8.78 Å². The maximum Gasteiger partial charge on any atom is 0.234 e. The first-order chi connectivity index (χ1) is 8.04. The molecule has 6 heteroatoms. The van der Waals surface area contributed by atoms with Crippen molar-refractivity contribution in [2.24, 2.45) is 5.73 Å². The Morgan fingerprint density at radius 3 is 2.71 bits per heavy atom. The summed E-state index contributed by atoms with van der Waals surface area (Å²) < 4.78 is 30.6. The van der Waals surface area contributed by atoms with Crippen molar-refractivity contribution in [1.82, 2.24) is 5.32 Å². The molecule has 4 nitrogen and oxygen atoms in total. The molecule has 3 N–H and O–H groups in total. The number of nitrogens with one attached hydrogen (secondary N) is 1. The van der Waals surface area contributed by atoms with Crippen molar-refractivity contribution in [2.45, 2.75) is 12.5 Å².